The molecule has 0 saturated carbocycles. The number of nitrogens with zero attached hydrogens (tertiary/aromatic N) is 1. The molecule has 4 unspecified atom stereocenters. The fraction of sp³-hybridized carbons (Fsp3) is 0.643. The highest BCUT2D eigenvalue weighted by molar-refractivity contribution is 5.29. The first-order valence-electron chi connectivity index (χ1n) is 6.51. The molecule has 0 aromatic carbocycles. The van der Waals surface area contributed by atoms with Crippen LogP contribution in [-0.2, 0) is 11.2 Å². The molecule has 1 fully saturated rings. The number of hydrogen-bond acceptors (Lipinski definition) is 3. The lowest BCUT2D eigenvalue weighted by molar-refractivity contribution is -0.0299. The van der Waals surface area contributed by atoms with Crippen molar-refractivity contribution >= 4 is 0 Å². The lowest BCUT2D eigenvalue weighted by Gasteiger charge is -2.26. The van der Waals surface area contributed by atoms with Gasteiger partial charge in [0.15, 0.2) is 0 Å². The summed E-state index contributed by atoms with van der Waals surface area (Å²) in [6.07, 6.45) is 4.51. The molecule has 3 heteroatoms. The molecule has 3 rings (SSSR count). The second kappa shape index (κ2) is 4.39. The number of aromatic nitrogens is 1. The highest BCUT2D eigenvalue weighted by atomic mass is 16.5. The van der Waals surface area contributed by atoms with Crippen molar-refractivity contribution in [3.8, 4) is 0 Å². The first kappa shape index (κ1) is 11.2. The molecule has 3 nitrogen and oxygen atoms in total. The second-order valence-corrected chi connectivity index (χ2v) is 5.28. The predicted octanol–water partition coefficient (Wildman–Crippen LogP) is 1.90. The van der Waals surface area contributed by atoms with Crippen LogP contribution in [0, 0.1) is 5.92 Å². The van der Waals surface area contributed by atoms with Crippen LogP contribution >= 0.6 is 0 Å². The monoisotopic (exact) mass is 233 g/mol. The Bertz CT molecular complexity index is 407. The Morgan fingerprint density at radius 3 is 3.12 bits per heavy atom. The Kier molecular flexibility index (Phi) is 2.89. The summed E-state index contributed by atoms with van der Waals surface area (Å²) < 4.78 is 5.68. The van der Waals surface area contributed by atoms with Gasteiger partial charge in [0, 0.05) is 24.4 Å². The van der Waals surface area contributed by atoms with Crippen molar-refractivity contribution in [2.24, 2.45) is 5.92 Å². The van der Waals surface area contributed by atoms with E-state index in [1.54, 1.807) is 0 Å². The van der Waals surface area contributed by atoms with Crippen LogP contribution in [0.4, 0.5) is 0 Å². The summed E-state index contributed by atoms with van der Waals surface area (Å²) in [5.41, 5.74) is 2.38. The molecule has 1 N–H and O–H groups in total. The fourth-order valence-electron chi connectivity index (χ4n) is 3.16. The molecule has 1 saturated heterocycles. The molecule has 0 bridgehead atoms. The van der Waals surface area contributed by atoms with Crippen LogP contribution in [0.25, 0.3) is 0 Å². The van der Waals surface area contributed by atoms with Gasteiger partial charge in [-0.15, -0.1) is 0 Å². The molecule has 0 radical (unpaired) electrons. The third-order valence-electron chi connectivity index (χ3n) is 4.20. The van der Waals surface area contributed by atoms with Gasteiger partial charge in [-0.2, -0.15) is 0 Å². The minimum absolute atomic E-state index is 0.00652. The lowest BCUT2D eigenvalue weighted by Crippen LogP contribution is -2.34. The third kappa shape index (κ3) is 1.87. The molecule has 1 aromatic rings. The van der Waals surface area contributed by atoms with Crippen molar-refractivity contribution in [1.29, 1.82) is 0 Å². The van der Waals surface area contributed by atoms with Gasteiger partial charge in [-0.25, -0.2) is 0 Å². The molecule has 92 valence electrons. The molecule has 2 heterocycles. The zero-order chi connectivity index (χ0) is 11.8. The molecular formula is C14H19NO2. The van der Waals surface area contributed by atoms with Gasteiger partial charge in [-0.3, -0.25) is 4.98 Å². The van der Waals surface area contributed by atoms with Crippen LogP contribution in [0.1, 0.15) is 36.9 Å². The van der Waals surface area contributed by atoms with Crippen LogP contribution in [0.5, 0.6) is 0 Å². The van der Waals surface area contributed by atoms with E-state index in [1.807, 2.05) is 12.3 Å². The molecular weight excluding hydrogens is 214 g/mol. The summed E-state index contributed by atoms with van der Waals surface area (Å²) in [7, 11) is 0. The maximum Gasteiger partial charge on any atom is 0.0888 e. The van der Waals surface area contributed by atoms with Crippen molar-refractivity contribution < 1.29 is 9.84 Å². The zero-order valence-corrected chi connectivity index (χ0v) is 10.2. The highest BCUT2D eigenvalue weighted by Crippen LogP contribution is 2.38. The smallest absolute Gasteiger partial charge is 0.0888 e. The quantitative estimate of drug-likeness (QED) is 0.848. The number of pyridine rings is 1. The number of hydrogen-bond donors (Lipinski definition) is 1. The highest BCUT2D eigenvalue weighted by Gasteiger charge is 2.39. The second-order valence-electron chi connectivity index (χ2n) is 5.28. The van der Waals surface area contributed by atoms with Crippen LogP contribution in [-0.4, -0.2) is 28.9 Å². The first-order valence-corrected chi connectivity index (χ1v) is 6.51. The Morgan fingerprint density at radius 1 is 1.47 bits per heavy atom. The largest absolute Gasteiger partial charge is 0.390 e. The number of rotatable bonds is 2. The average molecular weight is 233 g/mol. The number of ether oxygens (including phenoxy) is 1. The average Bonchev–Trinajstić information content (AvgIpc) is 2.94. The summed E-state index contributed by atoms with van der Waals surface area (Å²) in [6, 6.07) is 4.09. The summed E-state index contributed by atoms with van der Waals surface area (Å²) in [4.78, 5) is 4.44. The van der Waals surface area contributed by atoms with E-state index in [0.717, 1.165) is 31.6 Å². The Balaban J connectivity index is 1.82. The van der Waals surface area contributed by atoms with E-state index < -0.39 is 6.10 Å². The predicted molar refractivity (Wildman–Crippen MR) is 64.8 cm³/mol. The molecule has 4 atom stereocenters. The summed E-state index contributed by atoms with van der Waals surface area (Å²) in [6.45, 7) is 2.94. The lowest BCUT2D eigenvalue weighted by atomic mass is 9.89. The standard InChI is InChI=1S/C14H19NO2/c1-9-6-8-17-14(9)13(16)11-5-4-10-3-2-7-15-12(10)11/h2-3,7,9,11,13-14,16H,4-6,8H2,1H3. The van der Waals surface area contributed by atoms with Crippen molar-refractivity contribution in [3.05, 3.63) is 29.6 Å². The van der Waals surface area contributed by atoms with E-state index >= 15 is 0 Å². The first-order chi connectivity index (χ1) is 8.27. The van der Waals surface area contributed by atoms with E-state index in [9.17, 15) is 5.11 Å². The number of aliphatic hydroxyl groups excluding tert-OH is 1. The van der Waals surface area contributed by atoms with E-state index in [0.29, 0.717) is 5.92 Å². The molecule has 1 aromatic heterocycles. The van der Waals surface area contributed by atoms with Crippen LogP contribution in [0.3, 0.4) is 0 Å². The van der Waals surface area contributed by atoms with Gasteiger partial charge in [0.25, 0.3) is 0 Å². The van der Waals surface area contributed by atoms with E-state index in [1.165, 1.54) is 5.56 Å². The Labute approximate surface area is 102 Å². The van der Waals surface area contributed by atoms with Crippen LogP contribution in [0.2, 0.25) is 0 Å². The minimum atomic E-state index is -0.399. The SMILES string of the molecule is CC1CCOC1C(O)C1CCc2cccnc21. The van der Waals surface area contributed by atoms with Gasteiger partial charge in [0.05, 0.1) is 12.2 Å². The van der Waals surface area contributed by atoms with Gasteiger partial charge in [0.1, 0.15) is 0 Å². The molecule has 1 aliphatic heterocycles. The van der Waals surface area contributed by atoms with Gasteiger partial charge < -0.3 is 9.84 Å². The van der Waals surface area contributed by atoms with Crippen LogP contribution < -0.4 is 0 Å². The topological polar surface area (TPSA) is 42.4 Å². The summed E-state index contributed by atoms with van der Waals surface area (Å²) >= 11 is 0. The van der Waals surface area contributed by atoms with Crippen molar-refractivity contribution in [3.63, 3.8) is 0 Å². The minimum Gasteiger partial charge on any atom is -0.390 e. The number of fused-ring (bicyclic) bond motifs is 1. The fourth-order valence-corrected chi connectivity index (χ4v) is 3.16. The Hall–Kier alpha value is -0.930. The van der Waals surface area contributed by atoms with Gasteiger partial charge in [-0.05, 0) is 36.8 Å². The normalized spacial score (nSPS) is 33.6. The van der Waals surface area contributed by atoms with Gasteiger partial charge in [0.2, 0.25) is 0 Å². The summed E-state index contributed by atoms with van der Waals surface area (Å²) in [5, 5.41) is 10.5. The number of aryl methyl sites for hydroxylation is 1. The zero-order valence-electron chi connectivity index (χ0n) is 10.2. The van der Waals surface area contributed by atoms with Gasteiger partial charge >= 0.3 is 0 Å². The van der Waals surface area contributed by atoms with E-state index in [2.05, 4.69) is 18.0 Å². The summed E-state index contributed by atoms with van der Waals surface area (Å²) in [5.74, 6) is 0.620. The molecule has 1 aliphatic carbocycles. The maximum atomic E-state index is 10.5. The molecule has 17 heavy (non-hydrogen) atoms. The number of aliphatic hydroxyl groups is 1. The van der Waals surface area contributed by atoms with E-state index in [4.69, 9.17) is 4.74 Å². The van der Waals surface area contributed by atoms with Crippen molar-refractivity contribution in [2.75, 3.05) is 6.61 Å². The van der Waals surface area contributed by atoms with Crippen molar-refractivity contribution in [2.45, 2.75) is 44.3 Å². The van der Waals surface area contributed by atoms with Crippen molar-refractivity contribution in [1.82, 2.24) is 4.98 Å². The molecule has 0 spiro atoms. The maximum absolute atomic E-state index is 10.5. The van der Waals surface area contributed by atoms with Gasteiger partial charge in [-0.1, -0.05) is 13.0 Å². The third-order valence-corrected chi connectivity index (χ3v) is 4.20. The van der Waals surface area contributed by atoms with E-state index in [-0.39, 0.29) is 12.0 Å². The Morgan fingerprint density at radius 2 is 2.35 bits per heavy atom. The van der Waals surface area contributed by atoms with Crippen LogP contribution in [0.15, 0.2) is 18.3 Å². The molecule has 0 amide bonds. The molecule has 2 aliphatic rings.